The molecular weight excluding hydrogens is 237 g/mol. The molecule has 0 aliphatic carbocycles. The highest BCUT2D eigenvalue weighted by Gasteiger charge is 2.17. The average Bonchev–Trinajstić information content (AvgIpc) is 2.12. The van der Waals surface area contributed by atoms with E-state index in [9.17, 15) is 9.50 Å². The Morgan fingerprint density at radius 3 is 2.54 bits per heavy atom. The summed E-state index contributed by atoms with van der Waals surface area (Å²) in [6, 6.07) is 2.46. The van der Waals surface area contributed by atoms with Crippen molar-refractivity contribution in [3.8, 4) is 0 Å². The number of rotatable bonds is 2. The molecular formula is C8H6Cl3FO. The lowest BCUT2D eigenvalue weighted by Gasteiger charge is -2.11. The summed E-state index contributed by atoms with van der Waals surface area (Å²) in [5.41, 5.74) is 0.137. The number of hydrogen-bond acceptors (Lipinski definition) is 1. The van der Waals surface area contributed by atoms with Crippen LogP contribution < -0.4 is 0 Å². The van der Waals surface area contributed by atoms with Crippen LogP contribution in [-0.4, -0.2) is 11.0 Å². The van der Waals surface area contributed by atoms with E-state index in [0.717, 1.165) is 6.07 Å². The first-order chi connectivity index (χ1) is 6.07. The van der Waals surface area contributed by atoms with Crippen molar-refractivity contribution in [3.63, 3.8) is 0 Å². The van der Waals surface area contributed by atoms with Gasteiger partial charge in [-0.1, -0.05) is 23.2 Å². The van der Waals surface area contributed by atoms with Gasteiger partial charge in [-0.25, -0.2) is 4.39 Å². The van der Waals surface area contributed by atoms with E-state index in [-0.39, 0.29) is 21.5 Å². The van der Waals surface area contributed by atoms with Crippen molar-refractivity contribution < 1.29 is 9.50 Å². The van der Waals surface area contributed by atoms with Gasteiger partial charge in [-0.15, -0.1) is 11.6 Å². The number of halogens is 4. The van der Waals surface area contributed by atoms with E-state index in [1.807, 2.05) is 0 Å². The molecule has 1 aromatic carbocycles. The number of aliphatic hydroxyl groups is 1. The minimum Gasteiger partial charge on any atom is -0.387 e. The minimum absolute atomic E-state index is 0.0805. The average molecular weight is 243 g/mol. The summed E-state index contributed by atoms with van der Waals surface area (Å²) in [4.78, 5) is 0. The van der Waals surface area contributed by atoms with E-state index >= 15 is 0 Å². The molecule has 0 fully saturated rings. The lowest BCUT2D eigenvalue weighted by molar-refractivity contribution is 0.202. The molecule has 1 unspecified atom stereocenters. The summed E-state index contributed by atoms with van der Waals surface area (Å²) in [6.07, 6.45) is -1.04. The zero-order valence-corrected chi connectivity index (χ0v) is 8.67. The Bertz CT molecular complexity index is 317. The van der Waals surface area contributed by atoms with Crippen LogP contribution >= 0.6 is 34.8 Å². The molecule has 0 spiro atoms. The first-order valence-electron chi connectivity index (χ1n) is 3.45. The Morgan fingerprint density at radius 1 is 1.38 bits per heavy atom. The molecule has 0 heterocycles. The fourth-order valence-electron chi connectivity index (χ4n) is 0.925. The van der Waals surface area contributed by atoms with Gasteiger partial charge in [-0.3, -0.25) is 0 Å². The molecule has 13 heavy (non-hydrogen) atoms. The Kier molecular flexibility index (Phi) is 3.80. The largest absolute Gasteiger partial charge is 0.387 e. The second-order valence-corrected chi connectivity index (χ2v) is 3.52. The molecule has 1 N–H and O–H groups in total. The fourth-order valence-corrected chi connectivity index (χ4v) is 1.70. The van der Waals surface area contributed by atoms with Crippen LogP contribution in [0.2, 0.25) is 10.0 Å². The standard InChI is InChI=1S/C8H6Cl3FO/c9-3-6(13)7-4(10)1-2-5(12)8(7)11/h1-2,6,13H,3H2. The van der Waals surface area contributed by atoms with Crippen molar-refractivity contribution in [1.29, 1.82) is 0 Å². The monoisotopic (exact) mass is 242 g/mol. The van der Waals surface area contributed by atoms with Gasteiger partial charge in [-0.2, -0.15) is 0 Å². The van der Waals surface area contributed by atoms with E-state index in [2.05, 4.69) is 0 Å². The third kappa shape index (κ3) is 2.26. The van der Waals surface area contributed by atoms with Crippen LogP contribution in [0.4, 0.5) is 4.39 Å². The maximum Gasteiger partial charge on any atom is 0.142 e. The summed E-state index contributed by atoms with van der Waals surface area (Å²) >= 11 is 16.7. The summed E-state index contributed by atoms with van der Waals surface area (Å²) < 4.78 is 12.9. The quantitative estimate of drug-likeness (QED) is 0.623. The maximum atomic E-state index is 12.9. The summed E-state index contributed by atoms with van der Waals surface area (Å²) in [5, 5.41) is 9.38. The summed E-state index contributed by atoms with van der Waals surface area (Å²) in [6.45, 7) is 0. The minimum atomic E-state index is -1.04. The topological polar surface area (TPSA) is 20.2 Å². The highest BCUT2D eigenvalue weighted by Crippen LogP contribution is 2.32. The number of alkyl halides is 1. The molecule has 1 atom stereocenters. The van der Waals surface area contributed by atoms with Gasteiger partial charge in [0.15, 0.2) is 0 Å². The molecule has 5 heteroatoms. The third-order valence-corrected chi connectivity index (χ3v) is 2.56. The van der Waals surface area contributed by atoms with Crippen molar-refractivity contribution in [3.05, 3.63) is 33.6 Å². The molecule has 0 bridgehead atoms. The zero-order valence-electron chi connectivity index (χ0n) is 6.40. The highest BCUT2D eigenvalue weighted by atomic mass is 35.5. The molecule has 72 valence electrons. The number of hydrogen-bond donors (Lipinski definition) is 1. The number of aliphatic hydroxyl groups excluding tert-OH is 1. The first kappa shape index (κ1) is 11.1. The highest BCUT2D eigenvalue weighted by molar-refractivity contribution is 6.36. The SMILES string of the molecule is OC(CCl)c1c(Cl)ccc(F)c1Cl. The van der Waals surface area contributed by atoms with Gasteiger partial charge >= 0.3 is 0 Å². The van der Waals surface area contributed by atoms with Gasteiger partial charge in [0, 0.05) is 10.6 Å². The molecule has 0 radical (unpaired) electrons. The van der Waals surface area contributed by atoms with Gasteiger partial charge in [0.2, 0.25) is 0 Å². The van der Waals surface area contributed by atoms with E-state index in [1.54, 1.807) is 0 Å². The second kappa shape index (κ2) is 4.47. The van der Waals surface area contributed by atoms with Crippen molar-refractivity contribution in [1.82, 2.24) is 0 Å². The molecule has 0 aliphatic rings. The molecule has 0 saturated carbocycles. The second-order valence-electron chi connectivity index (χ2n) is 2.43. The van der Waals surface area contributed by atoms with Crippen LogP contribution in [0.1, 0.15) is 11.7 Å². The van der Waals surface area contributed by atoms with Crippen molar-refractivity contribution in [2.24, 2.45) is 0 Å². The summed E-state index contributed by atoms with van der Waals surface area (Å²) in [7, 11) is 0. The van der Waals surface area contributed by atoms with Gasteiger partial charge in [-0.05, 0) is 12.1 Å². The van der Waals surface area contributed by atoms with E-state index in [4.69, 9.17) is 34.8 Å². The van der Waals surface area contributed by atoms with E-state index in [1.165, 1.54) is 6.07 Å². The Balaban J connectivity index is 3.25. The molecule has 1 nitrogen and oxygen atoms in total. The molecule has 0 saturated heterocycles. The van der Waals surface area contributed by atoms with Crippen LogP contribution in [0.25, 0.3) is 0 Å². The molecule has 1 aromatic rings. The van der Waals surface area contributed by atoms with Gasteiger partial charge in [0.05, 0.1) is 17.0 Å². The zero-order chi connectivity index (χ0) is 10.0. The van der Waals surface area contributed by atoms with Crippen molar-refractivity contribution in [2.75, 3.05) is 5.88 Å². The third-order valence-electron chi connectivity index (χ3n) is 1.56. The maximum absolute atomic E-state index is 12.9. The lowest BCUT2D eigenvalue weighted by Crippen LogP contribution is -2.01. The van der Waals surface area contributed by atoms with Crippen LogP contribution in [0.5, 0.6) is 0 Å². The van der Waals surface area contributed by atoms with E-state index in [0.29, 0.717) is 0 Å². The molecule has 0 amide bonds. The predicted octanol–water partition coefficient (Wildman–Crippen LogP) is 3.40. The predicted molar refractivity (Wildman–Crippen MR) is 52.1 cm³/mol. The molecule has 0 aliphatic heterocycles. The van der Waals surface area contributed by atoms with Crippen molar-refractivity contribution >= 4 is 34.8 Å². The Morgan fingerprint density at radius 2 is 2.00 bits per heavy atom. The lowest BCUT2D eigenvalue weighted by atomic mass is 10.1. The first-order valence-corrected chi connectivity index (χ1v) is 4.74. The van der Waals surface area contributed by atoms with Crippen LogP contribution in [0, 0.1) is 5.82 Å². The van der Waals surface area contributed by atoms with Crippen molar-refractivity contribution in [2.45, 2.75) is 6.10 Å². The number of benzene rings is 1. The van der Waals surface area contributed by atoms with Crippen LogP contribution in [-0.2, 0) is 0 Å². The van der Waals surface area contributed by atoms with Gasteiger partial charge < -0.3 is 5.11 Å². The molecule has 1 rings (SSSR count). The smallest absolute Gasteiger partial charge is 0.142 e. The van der Waals surface area contributed by atoms with Gasteiger partial charge in [0.25, 0.3) is 0 Å². The van der Waals surface area contributed by atoms with Crippen LogP contribution in [0.3, 0.4) is 0 Å². The summed E-state index contributed by atoms with van der Waals surface area (Å²) in [5.74, 6) is -0.701. The normalized spacial score (nSPS) is 13.0. The van der Waals surface area contributed by atoms with Crippen LogP contribution in [0.15, 0.2) is 12.1 Å². The van der Waals surface area contributed by atoms with Gasteiger partial charge in [0.1, 0.15) is 5.82 Å². The molecule has 0 aromatic heterocycles. The fraction of sp³-hybridized carbons (Fsp3) is 0.250. The Labute approximate surface area is 90.0 Å². The Hall–Kier alpha value is -0.0200. The van der Waals surface area contributed by atoms with E-state index < -0.39 is 11.9 Å².